The monoisotopic (exact) mass is 415 g/mol. The van der Waals surface area contributed by atoms with E-state index < -0.39 is 0 Å². The third-order valence-corrected chi connectivity index (χ3v) is 5.92. The Bertz CT molecular complexity index is 832. The molecule has 1 aliphatic carbocycles. The molecule has 0 spiro atoms. The number of ether oxygens (including phenoxy) is 1. The minimum Gasteiger partial charge on any atom is -0.486 e. The molecule has 0 bridgehead atoms. The molecule has 1 aromatic heterocycles. The zero-order valence-electron chi connectivity index (χ0n) is 17.2. The summed E-state index contributed by atoms with van der Waals surface area (Å²) in [6.45, 7) is 6.11. The lowest BCUT2D eigenvalue weighted by molar-refractivity contribution is -0.125. The summed E-state index contributed by atoms with van der Waals surface area (Å²) >= 11 is 1.41. The summed E-state index contributed by atoms with van der Waals surface area (Å²) in [5, 5.41) is 8.67. The molecule has 1 fully saturated rings. The smallest absolute Gasteiger partial charge is 0.271 e. The SMILES string of the molecule is Cc1ccc(OCc2nc(C(=O)N[C@H]3CCCC[C@H]3NC(=O)C(C)C)cs2)cc1. The number of carbonyl (C=O) groups excluding carboxylic acids is 2. The van der Waals surface area contributed by atoms with E-state index in [-0.39, 0.29) is 29.8 Å². The molecule has 2 amide bonds. The Kier molecular flexibility index (Phi) is 7.25. The summed E-state index contributed by atoms with van der Waals surface area (Å²) < 4.78 is 5.74. The average Bonchev–Trinajstić information content (AvgIpc) is 3.18. The molecule has 2 N–H and O–H groups in total. The van der Waals surface area contributed by atoms with Crippen LogP contribution in [-0.4, -0.2) is 28.9 Å². The van der Waals surface area contributed by atoms with Gasteiger partial charge in [-0.1, -0.05) is 44.4 Å². The lowest BCUT2D eigenvalue weighted by Crippen LogP contribution is -2.53. The molecule has 1 aliphatic rings. The molecule has 3 rings (SSSR count). The number of nitrogens with zero attached hydrogens (tertiary/aromatic N) is 1. The van der Waals surface area contributed by atoms with Gasteiger partial charge in [-0.2, -0.15) is 0 Å². The van der Waals surface area contributed by atoms with E-state index in [1.807, 2.05) is 45.0 Å². The number of carbonyl (C=O) groups is 2. The number of rotatable bonds is 7. The van der Waals surface area contributed by atoms with Crippen LogP contribution in [0.4, 0.5) is 0 Å². The highest BCUT2D eigenvalue weighted by molar-refractivity contribution is 7.09. The van der Waals surface area contributed by atoms with E-state index >= 15 is 0 Å². The van der Waals surface area contributed by atoms with E-state index in [4.69, 9.17) is 4.74 Å². The van der Waals surface area contributed by atoms with Crippen molar-refractivity contribution < 1.29 is 14.3 Å². The van der Waals surface area contributed by atoms with Crippen LogP contribution < -0.4 is 15.4 Å². The molecule has 156 valence electrons. The number of amides is 2. The summed E-state index contributed by atoms with van der Waals surface area (Å²) in [5.74, 6) is 0.546. The quantitative estimate of drug-likeness (QED) is 0.720. The van der Waals surface area contributed by atoms with Crippen LogP contribution in [0, 0.1) is 12.8 Å². The van der Waals surface area contributed by atoms with Crippen molar-refractivity contribution in [1.29, 1.82) is 0 Å². The number of hydrogen-bond acceptors (Lipinski definition) is 5. The summed E-state index contributed by atoms with van der Waals surface area (Å²) in [7, 11) is 0. The Hall–Kier alpha value is -2.41. The first-order valence-corrected chi connectivity index (χ1v) is 11.1. The largest absolute Gasteiger partial charge is 0.486 e. The van der Waals surface area contributed by atoms with E-state index in [1.165, 1.54) is 16.9 Å². The van der Waals surface area contributed by atoms with Crippen molar-refractivity contribution in [2.75, 3.05) is 0 Å². The highest BCUT2D eigenvalue weighted by Gasteiger charge is 2.29. The molecular weight excluding hydrogens is 386 g/mol. The summed E-state index contributed by atoms with van der Waals surface area (Å²) in [6.07, 6.45) is 3.86. The molecule has 1 heterocycles. The summed E-state index contributed by atoms with van der Waals surface area (Å²) in [4.78, 5) is 29.2. The summed E-state index contributed by atoms with van der Waals surface area (Å²) in [5.41, 5.74) is 1.58. The van der Waals surface area contributed by atoms with Gasteiger partial charge in [0.25, 0.3) is 5.91 Å². The van der Waals surface area contributed by atoms with Crippen LogP contribution in [0.5, 0.6) is 5.75 Å². The second-order valence-corrected chi connectivity index (χ2v) is 8.81. The topological polar surface area (TPSA) is 80.3 Å². The fourth-order valence-electron chi connectivity index (χ4n) is 3.33. The van der Waals surface area contributed by atoms with Crippen molar-refractivity contribution >= 4 is 23.2 Å². The number of aromatic nitrogens is 1. The van der Waals surface area contributed by atoms with Gasteiger partial charge in [0.2, 0.25) is 5.91 Å². The number of thiazole rings is 1. The van der Waals surface area contributed by atoms with Crippen LogP contribution in [0.1, 0.15) is 60.6 Å². The van der Waals surface area contributed by atoms with E-state index in [2.05, 4.69) is 15.6 Å². The fraction of sp³-hybridized carbons (Fsp3) is 0.500. The molecule has 1 saturated carbocycles. The van der Waals surface area contributed by atoms with Crippen molar-refractivity contribution in [3.63, 3.8) is 0 Å². The average molecular weight is 416 g/mol. The highest BCUT2D eigenvalue weighted by Crippen LogP contribution is 2.20. The van der Waals surface area contributed by atoms with Crippen molar-refractivity contribution in [2.45, 2.75) is 65.1 Å². The molecular formula is C22H29N3O3S. The first-order chi connectivity index (χ1) is 13.9. The maximum absolute atomic E-state index is 12.7. The van der Waals surface area contributed by atoms with Crippen LogP contribution in [0.2, 0.25) is 0 Å². The van der Waals surface area contributed by atoms with Gasteiger partial charge in [0.15, 0.2) is 0 Å². The van der Waals surface area contributed by atoms with Gasteiger partial charge < -0.3 is 15.4 Å². The minimum absolute atomic E-state index is 0.0226. The van der Waals surface area contributed by atoms with Crippen LogP contribution in [0.3, 0.4) is 0 Å². The lowest BCUT2D eigenvalue weighted by atomic mass is 9.89. The Morgan fingerprint density at radius 1 is 1.14 bits per heavy atom. The van der Waals surface area contributed by atoms with Gasteiger partial charge in [0.05, 0.1) is 0 Å². The molecule has 7 heteroatoms. The zero-order valence-corrected chi connectivity index (χ0v) is 18.1. The van der Waals surface area contributed by atoms with Gasteiger partial charge in [0.1, 0.15) is 23.1 Å². The van der Waals surface area contributed by atoms with Crippen molar-refractivity contribution in [1.82, 2.24) is 15.6 Å². The molecule has 0 saturated heterocycles. The van der Waals surface area contributed by atoms with E-state index in [1.54, 1.807) is 5.38 Å². The van der Waals surface area contributed by atoms with E-state index in [0.717, 1.165) is 36.4 Å². The van der Waals surface area contributed by atoms with Gasteiger partial charge in [-0.3, -0.25) is 9.59 Å². The van der Waals surface area contributed by atoms with Crippen LogP contribution in [0.15, 0.2) is 29.6 Å². The normalized spacial score (nSPS) is 19.0. The second-order valence-electron chi connectivity index (χ2n) is 7.86. The van der Waals surface area contributed by atoms with Crippen LogP contribution in [-0.2, 0) is 11.4 Å². The molecule has 2 aromatic rings. The van der Waals surface area contributed by atoms with E-state index in [9.17, 15) is 9.59 Å². The first kappa shape index (κ1) is 21.3. The van der Waals surface area contributed by atoms with Crippen molar-refractivity contribution in [3.05, 3.63) is 45.9 Å². The van der Waals surface area contributed by atoms with Gasteiger partial charge >= 0.3 is 0 Å². The molecule has 0 aliphatic heterocycles. The van der Waals surface area contributed by atoms with Crippen molar-refractivity contribution in [3.8, 4) is 5.75 Å². The number of aryl methyl sites for hydroxylation is 1. The molecule has 6 nitrogen and oxygen atoms in total. The number of benzene rings is 1. The minimum atomic E-state index is -0.196. The third kappa shape index (κ3) is 6.03. The van der Waals surface area contributed by atoms with Crippen LogP contribution in [0.25, 0.3) is 0 Å². The molecule has 0 radical (unpaired) electrons. The second kappa shape index (κ2) is 9.87. The molecule has 1 aromatic carbocycles. The zero-order chi connectivity index (χ0) is 20.8. The van der Waals surface area contributed by atoms with Crippen molar-refractivity contribution in [2.24, 2.45) is 5.92 Å². The summed E-state index contributed by atoms with van der Waals surface area (Å²) in [6, 6.07) is 7.75. The van der Waals surface area contributed by atoms with Gasteiger partial charge in [-0.25, -0.2) is 4.98 Å². The number of nitrogens with one attached hydrogen (secondary N) is 2. The molecule has 0 unspecified atom stereocenters. The Morgan fingerprint density at radius 3 is 2.45 bits per heavy atom. The third-order valence-electron chi connectivity index (χ3n) is 5.10. The standard InChI is InChI=1S/C22H29N3O3S/c1-14(2)21(26)24-17-6-4-5-7-18(17)25-22(27)19-13-29-20(23-19)12-28-16-10-8-15(3)9-11-16/h8-11,13-14,17-18H,4-7,12H2,1-3H3,(H,24,26)(H,25,27)/t17-,18+/m1/s1. The predicted molar refractivity (Wildman–Crippen MR) is 114 cm³/mol. The van der Waals surface area contributed by atoms with Crippen LogP contribution >= 0.6 is 11.3 Å². The van der Waals surface area contributed by atoms with Gasteiger partial charge in [0, 0.05) is 23.4 Å². The molecule has 2 atom stereocenters. The lowest BCUT2D eigenvalue weighted by Gasteiger charge is -2.33. The highest BCUT2D eigenvalue weighted by atomic mass is 32.1. The van der Waals surface area contributed by atoms with Gasteiger partial charge in [-0.15, -0.1) is 11.3 Å². The maximum Gasteiger partial charge on any atom is 0.271 e. The Morgan fingerprint density at radius 2 is 1.79 bits per heavy atom. The Balaban J connectivity index is 1.55. The molecule has 29 heavy (non-hydrogen) atoms. The first-order valence-electron chi connectivity index (χ1n) is 10.2. The van der Waals surface area contributed by atoms with Gasteiger partial charge in [-0.05, 0) is 31.9 Å². The predicted octanol–water partition coefficient (Wildman–Crippen LogP) is 3.84. The number of hydrogen-bond donors (Lipinski definition) is 2. The fourth-order valence-corrected chi connectivity index (χ4v) is 4.01. The Labute approximate surface area is 176 Å². The van der Waals surface area contributed by atoms with E-state index in [0.29, 0.717) is 12.3 Å². The maximum atomic E-state index is 12.7.